The molecule has 0 saturated heterocycles. The molecule has 0 aliphatic carbocycles. The van der Waals surface area contributed by atoms with E-state index in [-0.39, 0.29) is 12.6 Å². The van der Waals surface area contributed by atoms with Crippen LogP contribution in [0, 0.1) is 0 Å². The van der Waals surface area contributed by atoms with Crippen LogP contribution in [0.25, 0.3) is 33.1 Å². The monoisotopic (exact) mass is 501 g/mol. The second-order valence-electron chi connectivity index (χ2n) is 8.37. The molecule has 0 amide bonds. The maximum atomic E-state index is 13.5. The van der Waals surface area contributed by atoms with Crippen molar-refractivity contribution in [2.45, 2.75) is 26.8 Å². The highest BCUT2D eigenvalue weighted by molar-refractivity contribution is 7.00. The van der Waals surface area contributed by atoms with E-state index >= 15 is 0 Å². The number of esters is 1. The fourth-order valence-corrected chi connectivity index (χ4v) is 4.88. The summed E-state index contributed by atoms with van der Waals surface area (Å²) < 4.78 is 27.6. The van der Waals surface area contributed by atoms with Crippen molar-refractivity contribution in [3.8, 4) is 22.6 Å². The predicted octanol–water partition coefficient (Wildman–Crippen LogP) is 6.34. The van der Waals surface area contributed by atoms with Gasteiger partial charge in [-0.3, -0.25) is 0 Å². The molecule has 0 aliphatic heterocycles. The average molecular weight is 502 g/mol. The summed E-state index contributed by atoms with van der Waals surface area (Å²) in [5.74, 6) is 1.18. The highest BCUT2D eigenvalue weighted by Gasteiger charge is 2.26. The van der Waals surface area contributed by atoms with Crippen molar-refractivity contribution in [2.75, 3.05) is 20.3 Å². The van der Waals surface area contributed by atoms with E-state index in [1.807, 2.05) is 72.2 Å². The predicted molar refractivity (Wildman–Crippen MR) is 142 cm³/mol. The number of ether oxygens (including phenoxy) is 3. The van der Waals surface area contributed by atoms with Crippen LogP contribution < -0.4 is 9.47 Å². The van der Waals surface area contributed by atoms with E-state index in [0.717, 1.165) is 56.5 Å². The SMILES string of the molecule is CCCOc1ccc2c(c1)c(-c1ccc3nsnc3c1)c(C(=O)OCC)n2Cc1ccc(OC)cc1. The fraction of sp³-hybridized carbons (Fsp3) is 0.250. The molecule has 0 N–H and O–H groups in total. The van der Waals surface area contributed by atoms with Gasteiger partial charge in [0.05, 0.1) is 32.1 Å². The molecule has 0 radical (unpaired) electrons. The van der Waals surface area contributed by atoms with Crippen LogP contribution in [0.4, 0.5) is 0 Å². The summed E-state index contributed by atoms with van der Waals surface area (Å²) in [6.45, 7) is 5.28. The van der Waals surface area contributed by atoms with E-state index in [0.29, 0.717) is 18.8 Å². The van der Waals surface area contributed by atoms with Crippen LogP contribution in [0.2, 0.25) is 0 Å². The van der Waals surface area contributed by atoms with Crippen LogP contribution in [0.5, 0.6) is 11.5 Å². The number of carbonyl (C=O) groups is 1. The van der Waals surface area contributed by atoms with E-state index in [4.69, 9.17) is 14.2 Å². The summed E-state index contributed by atoms with van der Waals surface area (Å²) in [5, 5.41) is 0.919. The van der Waals surface area contributed by atoms with Crippen molar-refractivity contribution in [1.29, 1.82) is 0 Å². The summed E-state index contributed by atoms with van der Waals surface area (Å²) in [5.41, 5.74) is 5.76. The van der Waals surface area contributed by atoms with E-state index in [1.165, 1.54) is 11.7 Å². The van der Waals surface area contributed by atoms with Gasteiger partial charge in [0, 0.05) is 23.0 Å². The highest BCUT2D eigenvalue weighted by Crippen LogP contribution is 2.39. The van der Waals surface area contributed by atoms with E-state index in [9.17, 15) is 4.79 Å². The summed E-state index contributed by atoms with van der Waals surface area (Å²) in [7, 11) is 1.65. The molecule has 0 saturated carbocycles. The van der Waals surface area contributed by atoms with Crippen molar-refractivity contribution in [3.63, 3.8) is 0 Å². The maximum Gasteiger partial charge on any atom is 0.355 e. The molecular weight excluding hydrogens is 474 g/mol. The molecule has 8 heteroatoms. The number of hydrogen-bond donors (Lipinski definition) is 0. The number of fused-ring (bicyclic) bond motifs is 2. The zero-order valence-corrected chi connectivity index (χ0v) is 21.3. The fourth-order valence-electron chi connectivity index (χ4n) is 4.36. The van der Waals surface area contributed by atoms with Crippen molar-refractivity contribution in [2.24, 2.45) is 0 Å². The van der Waals surface area contributed by atoms with E-state index in [2.05, 4.69) is 15.7 Å². The molecule has 36 heavy (non-hydrogen) atoms. The first-order valence-electron chi connectivity index (χ1n) is 11.9. The third-order valence-corrected chi connectivity index (χ3v) is 6.58. The third-order valence-electron chi connectivity index (χ3n) is 6.02. The van der Waals surface area contributed by atoms with Gasteiger partial charge < -0.3 is 18.8 Å². The Morgan fingerprint density at radius 3 is 2.47 bits per heavy atom. The van der Waals surface area contributed by atoms with Crippen LogP contribution in [-0.2, 0) is 11.3 Å². The number of rotatable bonds is 9. The molecule has 7 nitrogen and oxygen atoms in total. The lowest BCUT2D eigenvalue weighted by Crippen LogP contribution is -2.14. The Morgan fingerprint density at radius 1 is 0.944 bits per heavy atom. The van der Waals surface area contributed by atoms with Crippen molar-refractivity contribution in [3.05, 3.63) is 71.9 Å². The largest absolute Gasteiger partial charge is 0.497 e. The molecule has 184 valence electrons. The van der Waals surface area contributed by atoms with Gasteiger partial charge in [-0.15, -0.1) is 0 Å². The first kappa shape index (κ1) is 23.8. The molecule has 0 bridgehead atoms. The Kier molecular flexibility index (Phi) is 6.86. The molecule has 0 spiro atoms. The Hall–Kier alpha value is -3.91. The van der Waals surface area contributed by atoms with Crippen LogP contribution >= 0.6 is 11.7 Å². The minimum Gasteiger partial charge on any atom is -0.497 e. The molecule has 5 rings (SSSR count). The lowest BCUT2D eigenvalue weighted by molar-refractivity contribution is 0.0516. The van der Waals surface area contributed by atoms with Crippen LogP contribution in [0.15, 0.2) is 60.7 Å². The van der Waals surface area contributed by atoms with Crippen LogP contribution in [0.1, 0.15) is 36.3 Å². The number of aromatic nitrogens is 3. The Bertz CT molecular complexity index is 1520. The van der Waals surface area contributed by atoms with Crippen LogP contribution in [0.3, 0.4) is 0 Å². The minimum absolute atomic E-state index is 0.280. The summed E-state index contributed by atoms with van der Waals surface area (Å²) in [6, 6.07) is 19.7. The average Bonchev–Trinajstić information content (AvgIpc) is 3.50. The first-order valence-corrected chi connectivity index (χ1v) is 12.7. The molecule has 2 aromatic heterocycles. The number of hydrogen-bond acceptors (Lipinski definition) is 7. The smallest absolute Gasteiger partial charge is 0.355 e. The topological polar surface area (TPSA) is 75.5 Å². The second kappa shape index (κ2) is 10.4. The van der Waals surface area contributed by atoms with Gasteiger partial charge in [0.2, 0.25) is 0 Å². The molecule has 5 aromatic rings. The van der Waals surface area contributed by atoms with Gasteiger partial charge in [-0.05, 0) is 66.9 Å². The highest BCUT2D eigenvalue weighted by atomic mass is 32.1. The van der Waals surface area contributed by atoms with Gasteiger partial charge in [-0.1, -0.05) is 25.1 Å². The Balaban J connectivity index is 1.76. The quantitative estimate of drug-likeness (QED) is 0.220. The molecule has 0 atom stereocenters. The number of methoxy groups -OCH3 is 1. The normalized spacial score (nSPS) is 11.2. The summed E-state index contributed by atoms with van der Waals surface area (Å²) in [4.78, 5) is 13.5. The molecule has 0 fully saturated rings. The minimum atomic E-state index is -0.371. The van der Waals surface area contributed by atoms with Gasteiger partial charge in [0.15, 0.2) is 0 Å². The Labute approximate surface area is 213 Å². The number of carbonyl (C=O) groups excluding carboxylic acids is 1. The summed E-state index contributed by atoms with van der Waals surface area (Å²) in [6.07, 6.45) is 0.908. The summed E-state index contributed by atoms with van der Waals surface area (Å²) >= 11 is 1.17. The Morgan fingerprint density at radius 2 is 1.72 bits per heavy atom. The third kappa shape index (κ3) is 4.52. The van der Waals surface area contributed by atoms with Crippen molar-refractivity contribution < 1.29 is 19.0 Å². The van der Waals surface area contributed by atoms with Gasteiger partial charge >= 0.3 is 5.97 Å². The van der Waals surface area contributed by atoms with Gasteiger partial charge in [0.1, 0.15) is 28.2 Å². The lowest BCUT2D eigenvalue weighted by Gasteiger charge is -2.12. The van der Waals surface area contributed by atoms with Gasteiger partial charge in [-0.2, -0.15) is 8.75 Å². The molecular formula is C28H27N3O4S. The van der Waals surface area contributed by atoms with Gasteiger partial charge in [0.25, 0.3) is 0 Å². The molecule has 0 unspecified atom stereocenters. The van der Waals surface area contributed by atoms with Crippen molar-refractivity contribution >= 4 is 39.6 Å². The van der Waals surface area contributed by atoms with Gasteiger partial charge in [-0.25, -0.2) is 4.79 Å². The molecule has 3 aromatic carbocycles. The van der Waals surface area contributed by atoms with Crippen LogP contribution in [-0.4, -0.2) is 39.6 Å². The molecule has 2 heterocycles. The number of nitrogens with zero attached hydrogens (tertiary/aromatic N) is 3. The van der Waals surface area contributed by atoms with Crippen molar-refractivity contribution in [1.82, 2.24) is 13.3 Å². The first-order chi connectivity index (χ1) is 17.6. The zero-order valence-electron chi connectivity index (χ0n) is 20.5. The standard InChI is InChI=1S/C28H27N3O4S/c1-4-14-35-21-11-13-25-22(16-21)26(19-8-12-23-24(15-19)30-36-29-23)27(28(32)34-5-2)31(25)17-18-6-9-20(33-3)10-7-18/h6-13,15-16H,4-5,14,17H2,1-3H3. The zero-order chi connectivity index (χ0) is 25.1. The lowest BCUT2D eigenvalue weighted by atomic mass is 10.0. The maximum absolute atomic E-state index is 13.5. The number of benzene rings is 3. The van der Waals surface area contributed by atoms with E-state index < -0.39 is 0 Å². The molecule has 0 aliphatic rings. The van der Waals surface area contributed by atoms with E-state index in [1.54, 1.807) is 7.11 Å². The second-order valence-corrected chi connectivity index (χ2v) is 8.90.